The molecule has 2 aromatic rings. The van der Waals surface area contributed by atoms with Gasteiger partial charge in [-0.25, -0.2) is 4.79 Å². The molecule has 4 heteroatoms. The molecule has 2 amide bonds. The van der Waals surface area contributed by atoms with E-state index in [9.17, 15) is 4.79 Å². The number of carbonyl (C=O) groups excluding carboxylic acids is 1. The van der Waals surface area contributed by atoms with Crippen molar-refractivity contribution in [2.75, 3.05) is 16.9 Å². The molecule has 2 N–H and O–H groups in total. The molecule has 0 spiro atoms. The summed E-state index contributed by atoms with van der Waals surface area (Å²) in [7, 11) is 0. The van der Waals surface area contributed by atoms with Gasteiger partial charge in [0, 0.05) is 16.3 Å². The maximum atomic E-state index is 11.9. The summed E-state index contributed by atoms with van der Waals surface area (Å²) in [5.74, 6) is 0. The number of para-hydroxylation sites is 1. The van der Waals surface area contributed by atoms with Crippen LogP contribution in [-0.4, -0.2) is 12.3 Å². The fourth-order valence-corrected chi connectivity index (χ4v) is 2.08. The maximum Gasteiger partial charge on any atom is 0.323 e. The van der Waals surface area contributed by atoms with E-state index in [2.05, 4.69) is 10.6 Å². The van der Waals surface area contributed by atoms with Gasteiger partial charge >= 0.3 is 6.03 Å². The first-order valence-corrected chi connectivity index (χ1v) is 7.19. The minimum absolute atomic E-state index is 0.230. The summed E-state index contributed by atoms with van der Waals surface area (Å²) < 4.78 is 0. The Kier molecular flexibility index (Phi) is 4.47. The number of anilines is 2. The van der Waals surface area contributed by atoms with Crippen molar-refractivity contribution in [1.82, 2.24) is 0 Å². The van der Waals surface area contributed by atoms with Gasteiger partial charge in [0.15, 0.2) is 0 Å². The molecule has 2 rings (SSSR count). The maximum absolute atomic E-state index is 11.9. The Balaban J connectivity index is 1.99. The minimum Gasteiger partial charge on any atom is -0.308 e. The molecule has 3 nitrogen and oxygen atoms in total. The molecule has 0 bridgehead atoms. The molecule has 19 heavy (non-hydrogen) atoms. The third-order valence-electron chi connectivity index (χ3n) is 2.74. The average Bonchev–Trinajstić information content (AvgIpc) is 2.42. The summed E-state index contributed by atoms with van der Waals surface area (Å²) in [5, 5.41) is 5.64. The first kappa shape index (κ1) is 13.5. The van der Waals surface area contributed by atoms with Crippen LogP contribution in [0, 0.1) is 6.92 Å². The molecular weight excluding hydrogens is 256 g/mol. The molecule has 0 atom stereocenters. The number of amides is 2. The van der Waals surface area contributed by atoms with Crippen molar-refractivity contribution < 1.29 is 4.79 Å². The number of thioether (sulfide) groups is 1. The lowest BCUT2D eigenvalue weighted by molar-refractivity contribution is 0.262. The number of carbonyl (C=O) groups is 1. The lowest BCUT2D eigenvalue weighted by atomic mass is 10.2. The highest BCUT2D eigenvalue weighted by atomic mass is 32.2. The summed E-state index contributed by atoms with van der Waals surface area (Å²) in [6, 6.07) is 15.2. The molecule has 0 heterocycles. The van der Waals surface area contributed by atoms with Gasteiger partial charge in [0.2, 0.25) is 0 Å². The van der Waals surface area contributed by atoms with Gasteiger partial charge < -0.3 is 10.6 Å². The van der Waals surface area contributed by atoms with E-state index in [1.54, 1.807) is 11.8 Å². The topological polar surface area (TPSA) is 41.1 Å². The molecule has 0 aliphatic carbocycles. The van der Waals surface area contributed by atoms with Gasteiger partial charge in [-0.15, -0.1) is 11.8 Å². The average molecular weight is 272 g/mol. The van der Waals surface area contributed by atoms with Crippen LogP contribution in [0.5, 0.6) is 0 Å². The van der Waals surface area contributed by atoms with Crippen LogP contribution in [-0.2, 0) is 0 Å². The Morgan fingerprint density at radius 3 is 2.32 bits per heavy atom. The Bertz CT molecular complexity index is 567. The number of hydrogen-bond donors (Lipinski definition) is 2. The predicted molar refractivity (Wildman–Crippen MR) is 82.0 cm³/mol. The second kappa shape index (κ2) is 6.29. The van der Waals surface area contributed by atoms with Crippen LogP contribution in [0.3, 0.4) is 0 Å². The zero-order valence-corrected chi connectivity index (χ0v) is 11.8. The zero-order chi connectivity index (χ0) is 13.7. The van der Waals surface area contributed by atoms with Gasteiger partial charge in [0.25, 0.3) is 0 Å². The Morgan fingerprint density at radius 2 is 1.68 bits per heavy atom. The fraction of sp³-hybridized carbons (Fsp3) is 0.133. The highest BCUT2D eigenvalue weighted by molar-refractivity contribution is 7.98. The van der Waals surface area contributed by atoms with Crippen LogP contribution < -0.4 is 10.6 Å². The van der Waals surface area contributed by atoms with Crippen LogP contribution in [0.4, 0.5) is 16.2 Å². The van der Waals surface area contributed by atoms with Gasteiger partial charge in [-0.3, -0.25) is 0 Å². The Hall–Kier alpha value is -1.94. The first-order valence-electron chi connectivity index (χ1n) is 5.97. The summed E-state index contributed by atoms with van der Waals surface area (Å²) in [5.41, 5.74) is 2.64. The normalized spacial score (nSPS) is 10.0. The Labute approximate surface area is 117 Å². The third-order valence-corrected chi connectivity index (χ3v) is 3.48. The monoisotopic (exact) mass is 272 g/mol. The fourth-order valence-electron chi connectivity index (χ4n) is 1.67. The number of aryl methyl sites for hydroxylation is 1. The van der Waals surface area contributed by atoms with E-state index in [1.807, 2.05) is 61.7 Å². The summed E-state index contributed by atoms with van der Waals surface area (Å²) in [6.45, 7) is 1.96. The second-order valence-electron chi connectivity index (χ2n) is 4.12. The number of hydrogen-bond acceptors (Lipinski definition) is 2. The van der Waals surface area contributed by atoms with Crippen molar-refractivity contribution >= 4 is 29.2 Å². The first-order chi connectivity index (χ1) is 9.19. The van der Waals surface area contributed by atoms with Crippen LogP contribution in [0.2, 0.25) is 0 Å². The molecule has 0 aliphatic heterocycles. The molecule has 2 aromatic carbocycles. The van der Waals surface area contributed by atoms with Crippen LogP contribution >= 0.6 is 11.8 Å². The number of rotatable bonds is 3. The summed E-state index contributed by atoms with van der Waals surface area (Å²) in [4.78, 5) is 13.0. The largest absolute Gasteiger partial charge is 0.323 e. The van der Waals surface area contributed by atoms with Gasteiger partial charge in [0.1, 0.15) is 0 Å². The lowest BCUT2D eigenvalue weighted by Gasteiger charge is -2.09. The van der Waals surface area contributed by atoms with Crippen molar-refractivity contribution in [1.29, 1.82) is 0 Å². The molecule has 98 valence electrons. The second-order valence-corrected chi connectivity index (χ2v) is 5.00. The van der Waals surface area contributed by atoms with E-state index in [4.69, 9.17) is 0 Å². The molecule has 0 radical (unpaired) electrons. The molecule has 0 fully saturated rings. The van der Waals surface area contributed by atoms with Gasteiger partial charge in [-0.05, 0) is 49.1 Å². The van der Waals surface area contributed by atoms with E-state index in [0.717, 1.165) is 16.9 Å². The molecule has 0 aliphatic rings. The van der Waals surface area contributed by atoms with Crippen molar-refractivity contribution in [2.24, 2.45) is 0 Å². The third kappa shape index (κ3) is 3.76. The van der Waals surface area contributed by atoms with Crippen LogP contribution in [0.25, 0.3) is 0 Å². The van der Waals surface area contributed by atoms with Crippen molar-refractivity contribution in [3.63, 3.8) is 0 Å². The highest BCUT2D eigenvalue weighted by Gasteiger charge is 2.04. The molecule has 0 unspecified atom stereocenters. The zero-order valence-electron chi connectivity index (χ0n) is 10.9. The number of benzene rings is 2. The highest BCUT2D eigenvalue weighted by Crippen LogP contribution is 2.18. The SMILES string of the molecule is CSc1ccc(NC(=O)Nc2ccccc2C)cc1. The van der Waals surface area contributed by atoms with Crippen LogP contribution in [0.15, 0.2) is 53.4 Å². The van der Waals surface area contributed by atoms with E-state index in [0.29, 0.717) is 0 Å². The standard InChI is InChI=1S/C15H16N2OS/c1-11-5-3-4-6-14(11)17-15(18)16-12-7-9-13(19-2)10-8-12/h3-10H,1-2H3,(H2,16,17,18). The summed E-state index contributed by atoms with van der Waals surface area (Å²) in [6.07, 6.45) is 2.02. The minimum atomic E-state index is -0.230. The van der Waals surface area contributed by atoms with E-state index in [1.165, 1.54) is 4.90 Å². The predicted octanol–water partition coefficient (Wildman–Crippen LogP) is 4.36. The molecule has 0 saturated heterocycles. The van der Waals surface area contributed by atoms with Gasteiger partial charge in [-0.1, -0.05) is 18.2 Å². The van der Waals surface area contributed by atoms with Crippen molar-refractivity contribution in [3.05, 3.63) is 54.1 Å². The number of nitrogens with one attached hydrogen (secondary N) is 2. The lowest BCUT2D eigenvalue weighted by Crippen LogP contribution is -2.19. The molecular formula is C15H16N2OS. The Morgan fingerprint density at radius 1 is 1.00 bits per heavy atom. The van der Waals surface area contributed by atoms with Crippen molar-refractivity contribution in [3.8, 4) is 0 Å². The van der Waals surface area contributed by atoms with Gasteiger partial charge in [0.05, 0.1) is 0 Å². The number of urea groups is 1. The van der Waals surface area contributed by atoms with E-state index >= 15 is 0 Å². The van der Waals surface area contributed by atoms with Gasteiger partial charge in [-0.2, -0.15) is 0 Å². The molecule has 0 saturated carbocycles. The van der Waals surface area contributed by atoms with E-state index < -0.39 is 0 Å². The van der Waals surface area contributed by atoms with Crippen molar-refractivity contribution in [2.45, 2.75) is 11.8 Å². The molecule has 0 aromatic heterocycles. The van der Waals surface area contributed by atoms with Crippen LogP contribution in [0.1, 0.15) is 5.56 Å². The smallest absolute Gasteiger partial charge is 0.308 e. The van der Waals surface area contributed by atoms with E-state index in [-0.39, 0.29) is 6.03 Å². The summed E-state index contributed by atoms with van der Waals surface area (Å²) >= 11 is 1.67. The quantitative estimate of drug-likeness (QED) is 0.815.